The Balaban J connectivity index is 1.85. The number of carbonyl (C=O) groups is 1. The molecule has 1 aromatic rings. The summed E-state index contributed by atoms with van der Waals surface area (Å²) in [7, 11) is 0. The third kappa shape index (κ3) is 3.94. The van der Waals surface area contributed by atoms with E-state index in [9.17, 15) is 4.79 Å². The number of hydrogen-bond donors (Lipinski definition) is 2. The number of rotatable bonds is 2. The van der Waals surface area contributed by atoms with E-state index in [0.717, 1.165) is 0 Å². The van der Waals surface area contributed by atoms with E-state index in [-0.39, 0.29) is 6.10 Å². The van der Waals surface area contributed by atoms with Crippen molar-refractivity contribution in [2.45, 2.75) is 32.5 Å². The highest BCUT2D eigenvalue weighted by molar-refractivity contribution is 5.67. The van der Waals surface area contributed by atoms with Gasteiger partial charge in [-0.1, -0.05) is 0 Å². The number of carbonyl (C=O) groups excluding carboxylic acids is 1. The van der Waals surface area contributed by atoms with Crippen LogP contribution in [-0.2, 0) is 4.74 Å². The molecule has 0 saturated heterocycles. The summed E-state index contributed by atoms with van der Waals surface area (Å²) in [6, 6.07) is 5.21. The minimum Gasteiger partial charge on any atom is -0.486 e. The molecule has 0 aliphatic carbocycles. The number of benzene rings is 1. The highest BCUT2D eigenvalue weighted by Crippen LogP contribution is 2.33. The minimum atomic E-state index is -0.516. The fraction of sp³-hybridized carbons (Fsp3) is 0.500. The van der Waals surface area contributed by atoms with Crippen molar-refractivity contribution in [1.82, 2.24) is 5.32 Å². The highest BCUT2D eigenvalue weighted by Gasteiger charge is 2.23. The lowest BCUT2D eigenvalue weighted by molar-refractivity contribution is 0.0453. The Morgan fingerprint density at radius 3 is 2.90 bits per heavy atom. The van der Waals surface area contributed by atoms with Crippen molar-refractivity contribution in [3.8, 4) is 11.5 Å². The summed E-state index contributed by atoms with van der Waals surface area (Å²) < 4.78 is 16.4. The topological polar surface area (TPSA) is 82.8 Å². The van der Waals surface area contributed by atoms with Crippen molar-refractivity contribution in [2.24, 2.45) is 0 Å². The summed E-state index contributed by atoms with van der Waals surface area (Å²) in [6.45, 7) is 6.11. The third-order valence-corrected chi connectivity index (χ3v) is 2.56. The number of nitrogens with two attached hydrogens (primary N) is 1. The second kappa shape index (κ2) is 5.48. The molecule has 1 aromatic carbocycles. The highest BCUT2D eigenvalue weighted by atomic mass is 16.6. The Morgan fingerprint density at radius 2 is 2.20 bits per heavy atom. The summed E-state index contributed by atoms with van der Waals surface area (Å²) in [4.78, 5) is 11.5. The zero-order valence-corrected chi connectivity index (χ0v) is 11.9. The number of hydrogen-bond acceptors (Lipinski definition) is 5. The molecule has 0 radical (unpaired) electrons. The smallest absolute Gasteiger partial charge is 0.407 e. The van der Waals surface area contributed by atoms with E-state index in [1.54, 1.807) is 18.2 Å². The van der Waals surface area contributed by atoms with Crippen LogP contribution in [0.25, 0.3) is 0 Å². The molecule has 1 atom stereocenters. The van der Waals surface area contributed by atoms with E-state index in [1.165, 1.54) is 0 Å². The third-order valence-electron chi connectivity index (χ3n) is 2.56. The van der Waals surface area contributed by atoms with Crippen LogP contribution in [0.3, 0.4) is 0 Å². The molecule has 0 saturated carbocycles. The fourth-order valence-electron chi connectivity index (χ4n) is 1.74. The van der Waals surface area contributed by atoms with Gasteiger partial charge in [0.1, 0.15) is 12.2 Å². The van der Waals surface area contributed by atoms with Gasteiger partial charge >= 0.3 is 6.09 Å². The van der Waals surface area contributed by atoms with E-state index in [2.05, 4.69) is 5.32 Å². The van der Waals surface area contributed by atoms with Gasteiger partial charge in [0, 0.05) is 11.8 Å². The molecule has 1 aliphatic rings. The maximum absolute atomic E-state index is 11.5. The lowest BCUT2D eigenvalue weighted by atomic mass is 10.2. The van der Waals surface area contributed by atoms with Crippen LogP contribution in [0.2, 0.25) is 0 Å². The number of nitrogen functional groups attached to an aromatic ring is 1. The van der Waals surface area contributed by atoms with Gasteiger partial charge in [-0.25, -0.2) is 4.79 Å². The van der Waals surface area contributed by atoms with Crippen LogP contribution < -0.4 is 20.5 Å². The molecule has 20 heavy (non-hydrogen) atoms. The molecule has 1 amide bonds. The van der Waals surface area contributed by atoms with Gasteiger partial charge in [-0.15, -0.1) is 0 Å². The fourth-order valence-corrected chi connectivity index (χ4v) is 1.74. The van der Waals surface area contributed by atoms with Crippen LogP contribution in [0.4, 0.5) is 10.5 Å². The van der Waals surface area contributed by atoms with Crippen LogP contribution in [0, 0.1) is 0 Å². The Morgan fingerprint density at radius 1 is 1.45 bits per heavy atom. The average Bonchev–Trinajstić information content (AvgIpc) is 2.34. The van der Waals surface area contributed by atoms with Gasteiger partial charge in [0.05, 0.1) is 6.54 Å². The molecule has 3 N–H and O–H groups in total. The predicted octanol–water partition coefficient (Wildman–Crippen LogP) is 1.93. The maximum Gasteiger partial charge on any atom is 0.407 e. The van der Waals surface area contributed by atoms with Gasteiger partial charge in [-0.05, 0) is 32.9 Å². The van der Waals surface area contributed by atoms with Crippen LogP contribution in [-0.4, -0.2) is 30.9 Å². The first-order chi connectivity index (χ1) is 9.33. The van der Waals surface area contributed by atoms with Gasteiger partial charge in [0.25, 0.3) is 0 Å². The largest absolute Gasteiger partial charge is 0.486 e. The van der Waals surface area contributed by atoms with E-state index in [4.69, 9.17) is 19.9 Å². The van der Waals surface area contributed by atoms with E-state index < -0.39 is 11.7 Å². The Hall–Kier alpha value is -2.11. The average molecular weight is 280 g/mol. The lowest BCUT2D eigenvalue weighted by Crippen LogP contribution is -2.42. The van der Waals surface area contributed by atoms with Crippen molar-refractivity contribution in [1.29, 1.82) is 0 Å². The van der Waals surface area contributed by atoms with Crippen molar-refractivity contribution in [3.63, 3.8) is 0 Å². The Labute approximate surface area is 118 Å². The molecule has 1 heterocycles. The Bertz CT molecular complexity index is 496. The van der Waals surface area contributed by atoms with Crippen LogP contribution in [0.15, 0.2) is 18.2 Å². The molecule has 1 aliphatic heterocycles. The molecule has 110 valence electrons. The van der Waals surface area contributed by atoms with Crippen molar-refractivity contribution in [2.75, 3.05) is 18.9 Å². The summed E-state index contributed by atoms with van der Waals surface area (Å²) in [5.74, 6) is 1.25. The molecule has 0 spiro atoms. The molecule has 0 fully saturated rings. The van der Waals surface area contributed by atoms with Gasteiger partial charge in [0.15, 0.2) is 17.6 Å². The summed E-state index contributed by atoms with van der Waals surface area (Å²) >= 11 is 0. The van der Waals surface area contributed by atoms with Crippen molar-refractivity contribution >= 4 is 11.8 Å². The van der Waals surface area contributed by atoms with Crippen LogP contribution in [0.5, 0.6) is 11.5 Å². The number of fused-ring (bicyclic) bond motifs is 1. The molecule has 0 bridgehead atoms. The standard InChI is InChI=1S/C14H20N2O4/c1-14(2,3)20-13(17)16-7-10-8-18-12-6-9(15)4-5-11(12)19-10/h4-6,10H,7-8,15H2,1-3H3,(H,16,17). The van der Waals surface area contributed by atoms with E-state index in [0.29, 0.717) is 30.3 Å². The normalized spacial score (nSPS) is 17.4. The quantitative estimate of drug-likeness (QED) is 0.809. The molecule has 0 aromatic heterocycles. The monoisotopic (exact) mass is 280 g/mol. The minimum absolute atomic E-state index is 0.251. The molecule has 2 rings (SSSR count). The van der Waals surface area contributed by atoms with E-state index in [1.807, 2.05) is 20.8 Å². The molecular formula is C14H20N2O4. The first kappa shape index (κ1) is 14.3. The summed E-state index contributed by atoms with van der Waals surface area (Å²) in [5, 5.41) is 2.66. The second-order valence-electron chi connectivity index (χ2n) is 5.64. The van der Waals surface area contributed by atoms with Gasteiger partial charge in [-0.2, -0.15) is 0 Å². The predicted molar refractivity (Wildman–Crippen MR) is 75.0 cm³/mol. The number of ether oxygens (including phenoxy) is 3. The van der Waals surface area contributed by atoms with Gasteiger partial charge < -0.3 is 25.3 Å². The van der Waals surface area contributed by atoms with Gasteiger partial charge in [0.2, 0.25) is 0 Å². The lowest BCUT2D eigenvalue weighted by Gasteiger charge is -2.27. The number of anilines is 1. The molecule has 6 nitrogen and oxygen atoms in total. The summed E-state index contributed by atoms with van der Waals surface area (Å²) in [6.07, 6.45) is -0.720. The first-order valence-electron chi connectivity index (χ1n) is 6.49. The summed E-state index contributed by atoms with van der Waals surface area (Å²) in [5.41, 5.74) is 5.77. The number of alkyl carbamates (subject to hydrolysis) is 1. The zero-order valence-electron chi connectivity index (χ0n) is 11.9. The number of amides is 1. The molecular weight excluding hydrogens is 260 g/mol. The van der Waals surface area contributed by atoms with Crippen LogP contribution in [0.1, 0.15) is 20.8 Å². The second-order valence-corrected chi connectivity index (χ2v) is 5.64. The SMILES string of the molecule is CC(C)(C)OC(=O)NCC1COc2cc(N)ccc2O1. The first-order valence-corrected chi connectivity index (χ1v) is 6.49. The van der Waals surface area contributed by atoms with Crippen molar-refractivity contribution in [3.05, 3.63) is 18.2 Å². The Kier molecular flexibility index (Phi) is 3.92. The molecule has 6 heteroatoms. The van der Waals surface area contributed by atoms with Gasteiger partial charge in [-0.3, -0.25) is 0 Å². The maximum atomic E-state index is 11.5. The van der Waals surface area contributed by atoms with Crippen LogP contribution >= 0.6 is 0 Å². The molecule has 1 unspecified atom stereocenters. The number of nitrogens with one attached hydrogen (secondary N) is 1. The van der Waals surface area contributed by atoms with E-state index >= 15 is 0 Å². The zero-order chi connectivity index (χ0) is 14.8. The van der Waals surface area contributed by atoms with Crippen molar-refractivity contribution < 1.29 is 19.0 Å².